The number of hydrogen-bond acceptors (Lipinski definition) is 4. The molecule has 0 saturated carbocycles. The summed E-state index contributed by atoms with van der Waals surface area (Å²) in [5, 5.41) is 5.29. The van der Waals surface area contributed by atoms with Crippen LogP contribution in [-0.2, 0) is 16.1 Å². The van der Waals surface area contributed by atoms with Gasteiger partial charge in [-0.15, -0.1) is 0 Å². The Bertz CT molecular complexity index is 830. The molecule has 1 saturated heterocycles. The lowest BCUT2D eigenvalue weighted by Gasteiger charge is -2.16. The smallest absolute Gasteiger partial charge is 0.248 e. The SMILES string of the molecule is O=C(/C=C\C(=O)Nc1ccc(F)cc1)NCc1ccnc(N2CCCC2)c1. The van der Waals surface area contributed by atoms with Crippen LogP contribution in [-0.4, -0.2) is 29.9 Å². The maximum absolute atomic E-state index is 12.8. The standard InChI is InChI=1S/C20H21FN4O2/c21-16-3-5-17(6-4-16)24-20(27)8-7-19(26)23-14-15-9-10-22-18(13-15)25-11-1-2-12-25/h3-10,13H,1-2,11-12,14H2,(H,23,26)(H,24,27)/b8-7-. The van der Waals surface area contributed by atoms with Gasteiger partial charge in [0, 0.05) is 43.7 Å². The number of nitrogens with zero attached hydrogens (tertiary/aromatic N) is 2. The number of amides is 2. The van der Waals surface area contributed by atoms with Crippen molar-refractivity contribution >= 4 is 23.3 Å². The molecule has 0 bridgehead atoms. The molecule has 7 heteroatoms. The number of carbonyl (C=O) groups excluding carboxylic acids is 2. The van der Waals surface area contributed by atoms with Crippen LogP contribution < -0.4 is 15.5 Å². The van der Waals surface area contributed by atoms with Gasteiger partial charge in [-0.1, -0.05) is 0 Å². The van der Waals surface area contributed by atoms with Gasteiger partial charge in [-0.25, -0.2) is 9.37 Å². The highest BCUT2D eigenvalue weighted by atomic mass is 19.1. The van der Waals surface area contributed by atoms with Crippen LogP contribution in [0.2, 0.25) is 0 Å². The Kier molecular flexibility index (Phi) is 6.14. The highest BCUT2D eigenvalue weighted by Crippen LogP contribution is 2.18. The number of benzene rings is 1. The summed E-state index contributed by atoms with van der Waals surface area (Å²) < 4.78 is 12.8. The third-order valence-corrected chi connectivity index (χ3v) is 4.20. The Balaban J connectivity index is 1.47. The van der Waals surface area contributed by atoms with E-state index in [2.05, 4.69) is 20.5 Å². The predicted octanol–water partition coefficient (Wildman–Crippen LogP) is 2.63. The molecule has 0 unspecified atom stereocenters. The number of hydrogen-bond donors (Lipinski definition) is 2. The fraction of sp³-hybridized carbons (Fsp3) is 0.250. The Morgan fingerprint density at radius 2 is 1.78 bits per heavy atom. The van der Waals surface area contributed by atoms with Crippen LogP contribution in [0.15, 0.2) is 54.7 Å². The van der Waals surface area contributed by atoms with Gasteiger partial charge in [-0.05, 0) is 54.8 Å². The molecule has 2 amide bonds. The second kappa shape index (κ2) is 8.93. The van der Waals surface area contributed by atoms with E-state index in [1.165, 1.54) is 43.2 Å². The van der Waals surface area contributed by atoms with Gasteiger partial charge in [0.05, 0.1) is 0 Å². The Hall–Kier alpha value is -3.22. The minimum absolute atomic E-state index is 0.353. The minimum Gasteiger partial charge on any atom is -0.357 e. The van der Waals surface area contributed by atoms with E-state index < -0.39 is 5.91 Å². The lowest BCUT2D eigenvalue weighted by atomic mass is 10.2. The molecule has 2 aromatic rings. The van der Waals surface area contributed by atoms with Crippen molar-refractivity contribution in [3.63, 3.8) is 0 Å². The fourth-order valence-corrected chi connectivity index (χ4v) is 2.81. The summed E-state index contributed by atoms with van der Waals surface area (Å²) in [4.78, 5) is 30.3. The van der Waals surface area contributed by atoms with E-state index in [1.807, 2.05) is 12.1 Å². The van der Waals surface area contributed by atoms with Gasteiger partial charge in [0.1, 0.15) is 11.6 Å². The molecule has 1 aromatic heterocycles. The molecule has 2 heterocycles. The molecule has 0 atom stereocenters. The summed E-state index contributed by atoms with van der Waals surface area (Å²) in [5.74, 6) is -0.291. The number of nitrogens with one attached hydrogen (secondary N) is 2. The molecule has 1 aromatic carbocycles. The second-order valence-electron chi connectivity index (χ2n) is 6.26. The Labute approximate surface area is 157 Å². The zero-order valence-corrected chi connectivity index (χ0v) is 14.8. The van der Waals surface area contributed by atoms with E-state index in [4.69, 9.17) is 0 Å². The summed E-state index contributed by atoms with van der Waals surface area (Å²) in [6, 6.07) is 9.21. The Morgan fingerprint density at radius 3 is 2.52 bits per heavy atom. The minimum atomic E-state index is -0.461. The third kappa shape index (κ3) is 5.64. The molecule has 1 fully saturated rings. The summed E-state index contributed by atoms with van der Waals surface area (Å²) in [6.07, 6.45) is 6.39. The highest BCUT2D eigenvalue weighted by molar-refractivity contribution is 6.03. The maximum Gasteiger partial charge on any atom is 0.248 e. The van der Waals surface area contributed by atoms with Crippen molar-refractivity contribution < 1.29 is 14.0 Å². The largest absolute Gasteiger partial charge is 0.357 e. The van der Waals surface area contributed by atoms with Crippen molar-refractivity contribution in [3.05, 3.63) is 66.1 Å². The molecule has 1 aliphatic rings. The molecule has 3 rings (SSSR count). The van der Waals surface area contributed by atoms with Crippen LogP contribution >= 0.6 is 0 Å². The Morgan fingerprint density at radius 1 is 1.07 bits per heavy atom. The number of carbonyl (C=O) groups is 2. The summed E-state index contributed by atoms with van der Waals surface area (Å²) >= 11 is 0. The van der Waals surface area contributed by atoms with Gasteiger partial charge >= 0.3 is 0 Å². The van der Waals surface area contributed by atoms with Crippen LogP contribution in [0, 0.1) is 5.82 Å². The summed E-state index contributed by atoms with van der Waals surface area (Å²) in [5.41, 5.74) is 1.40. The zero-order valence-electron chi connectivity index (χ0n) is 14.8. The average molecular weight is 368 g/mol. The second-order valence-corrected chi connectivity index (χ2v) is 6.26. The van der Waals surface area contributed by atoms with E-state index in [0.717, 1.165) is 30.5 Å². The van der Waals surface area contributed by atoms with Crippen molar-refractivity contribution in [3.8, 4) is 0 Å². The van der Waals surface area contributed by atoms with Crippen molar-refractivity contribution in [1.29, 1.82) is 0 Å². The topological polar surface area (TPSA) is 74.3 Å². The predicted molar refractivity (Wildman–Crippen MR) is 102 cm³/mol. The molecule has 0 aliphatic carbocycles. The molecule has 1 aliphatic heterocycles. The van der Waals surface area contributed by atoms with Crippen molar-refractivity contribution in [2.24, 2.45) is 0 Å². The van der Waals surface area contributed by atoms with E-state index >= 15 is 0 Å². The van der Waals surface area contributed by atoms with Gasteiger partial charge in [0.25, 0.3) is 0 Å². The fourth-order valence-electron chi connectivity index (χ4n) is 2.81. The van der Waals surface area contributed by atoms with Gasteiger partial charge in [0.15, 0.2) is 0 Å². The molecule has 140 valence electrons. The third-order valence-electron chi connectivity index (χ3n) is 4.20. The monoisotopic (exact) mass is 368 g/mol. The lowest BCUT2D eigenvalue weighted by Crippen LogP contribution is -2.22. The summed E-state index contributed by atoms with van der Waals surface area (Å²) in [7, 11) is 0. The first-order valence-electron chi connectivity index (χ1n) is 8.82. The van der Waals surface area contributed by atoms with Crippen molar-refractivity contribution in [1.82, 2.24) is 10.3 Å². The lowest BCUT2D eigenvalue weighted by molar-refractivity contribution is -0.117. The molecular weight excluding hydrogens is 347 g/mol. The number of anilines is 2. The highest BCUT2D eigenvalue weighted by Gasteiger charge is 2.13. The van der Waals surface area contributed by atoms with Gasteiger partial charge in [-0.3, -0.25) is 9.59 Å². The normalized spacial score (nSPS) is 13.7. The molecule has 27 heavy (non-hydrogen) atoms. The van der Waals surface area contributed by atoms with Crippen LogP contribution in [0.5, 0.6) is 0 Å². The molecule has 2 N–H and O–H groups in total. The maximum atomic E-state index is 12.8. The van der Waals surface area contributed by atoms with Crippen LogP contribution in [0.1, 0.15) is 18.4 Å². The van der Waals surface area contributed by atoms with E-state index in [0.29, 0.717) is 12.2 Å². The molecular formula is C20H21FN4O2. The number of halogens is 1. The van der Waals surface area contributed by atoms with Crippen LogP contribution in [0.25, 0.3) is 0 Å². The summed E-state index contributed by atoms with van der Waals surface area (Å²) in [6.45, 7) is 2.37. The zero-order chi connectivity index (χ0) is 19.1. The van der Waals surface area contributed by atoms with Crippen LogP contribution in [0.3, 0.4) is 0 Å². The van der Waals surface area contributed by atoms with Gasteiger partial charge in [-0.2, -0.15) is 0 Å². The van der Waals surface area contributed by atoms with Crippen molar-refractivity contribution in [2.45, 2.75) is 19.4 Å². The first-order valence-corrected chi connectivity index (χ1v) is 8.82. The van der Waals surface area contributed by atoms with Crippen molar-refractivity contribution in [2.75, 3.05) is 23.3 Å². The first kappa shape index (κ1) is 18.6. The van der Waals surface area contributed by atoms with E-state index in [9.17, 15) is 14.0 Å². The van der Waals surface area contributed by atoms with Crippen LogP contribution in [0.4, 0.5) is 15.9 Å². The quantitative estimate of drug-likeness (QED) is 0.769. The number of rotatable bonds is 6. The molecule has 0 radical (unpaired) electrons. The number of aromatic nitrogens is 1. The number of pyridine rings is 1. The van der Waals surface area contributed by atoms with E-state index in [-0.39, 0.29) is 11.7 Å². The van der Waals surface area contributed by atoms with Gasteiger partial charge < -0.3 is 15.5 Å². The average Bonchev–Trinajstić information content (AvgIpc) is 3.22. The first-order chi connectivity index (χ1) is 13.1. The van der Waals surface area contributed by atoms with E-state index in [1.54, 1.807) is 6.20 Å². The molecule has 0 spiro atoms. The van der Waals surface area contributed by atoms with Gasteiger partial charge in [0.2, 0.25) is 11.8 Å². The molecule has 6 nitrogen and oxygen atoms in total.